The highest BCUT2D eigenvalue weighted by Crippen LogP contribution is 2.30. The molecule has 1 aromatic carbocycles. The summed E-state index contributed by atoms with van der Waals surface area (Å²) in [4.78, 5) is 4.74. The van der Waals surface area contributed by atoms with E-state index >= 15 is 0 Å². The van der Waals surface area contributed by atoms with Crippen LogP contribution in [-0.4, -0.2) is 9.97 Å². The zero-order chi connectivity index (χ0) is 12.0. The third kappa shape index (κ3) is 1.52. The molecule has 0 spiro atoms. The van der Waals surface area contributed by atoms with Gasteiger partial charge in [-0.05, 0) is 30.9 Å². The van der Waals surface area contributed by atoms with E-state index in [9.17, 15) is 4.39 Å². The summed E-state index contributed by atoms with van der Waals surface area (Å²) < 4.78 is 13.8. The number of nitrogens with zero attached hydrogens (tertiary/aromatic N) is 1. The molecule has 1 aliphatic rings. The molecule has 17 heavy (non-hydrogen) atoms. The van der Waals surface area contributed by atoms with Crippen molar-refractivity contribution in [3.05, 3.63) is 40.8 Å². The second-order valence-corrected chi connectivity index (χ2v) is 4.71. The third-order valence-corrected chi connectivity index (χ3v) is 3.44. The highest BCUT2D eigenvalue weighted by atomic mass is 32.1. The normalized spacial score (nSPS) is 13.9. The molecule has 2 N–H and O–H groups in total. The van der Waals surface area contributed by atoms with E-state index in [4.69, 9.17) is 18.0 Å². The summed E-state index contributed by atoms with van der Waals surface area (Å²) >= 11 is 5.10. The summed E-state index contributed by atoms with van der Waals surface area (Å²) in [6.07, 6.45) is 2.85. The van der Waals surface area contributed by atoms with Crippen molar-refractivity contribution in [2.45, 2.75) is 19.3 Å². The summed E-state index contributed by atoms with van der Waals surface area (Å²) in [6, 6.07) is 4.92. The number of aryl methyl sites for hydroxylation is 1. The summed E-state index contributed by atoms with van der Waals surface area (Å²) in [6.45, 7) is 0. The van der Waals surface area contributed by atoms with E-state index in [2.05, 4.69) is 4.98 Å². The maximum absolute atomic E-state index is 13.8. The SMILES string of the molecule is NC(=S)c1c2c(nc3c(F)cccc13)CCC2. The van der Waals surface area contributed by atoms with Crippen molar-refractivity contribution in [2.24, 2.45) is 5.73 Å². The number of benzene rings is 1. The van der Waals surface area contributed by atoms with Gasteiger partial charge in [0, 0.05) is 16.6 Å². The molecule has 1 aromatic heterocycles. The van der Waals surface area contributed by atoms with Gasteiger partial charge < -0.3 is 5.73 Å². The molecule has 1 heterocycles. The molecule has 1 aliphatic carbocycles. The molecule has 0 radical (unpaired) electrons. The van der Waals surface area contributed by atoms with Gasteiger partial charge in [0.05, 0.1) is 0 Å². The molecule has 2 nitrogen and oxygen atoms in total. The Bertz CT molecular complexity index is 637. The molecule has 0 saturated heterocycles. The van der Waals surface area contributed by atoms with Gasteiger partial charge in [-0.25, -0.2) is 9.37 Å². The fourth-order valence-electron chi connectivity index (χ4n) is 2.53. The molecule has 0 saturated carbocycles. The molecule has 0 aliphatic heterocycles. The van der Waals surface area contributed by atoms with E-state index in [1.54, 1.807) is 6.07 Å². The zero-order valence-corrected chi connectivity index (χ0v) is 9.98. The van der Waals surface area contributed by atoms with Crippen LogP contribution in [-0.2, 0) is 12.8 Å². The van der Waals surface area contributed by atoms with Crippen molar-refractivity contribution in [1.82, 2.24) is 4.98 Å². The highest BCUT2D eigenvalue weighted by molar-refractivity contribution is 7.80. The van der Waals surface area contributed by atoms with Gasteiger partial charge in [-0.2, -0.15) is 0 Å². The average molecular weight is 246 g/mol. The van der Waals surface area contributed by atoms with Crippen LogP contribution in [0.5, 0.6) is 0 Å². The molecular formula is C13H11FN2S. The fourth-order valence-corrected chi connectivity index (χ4v) is 2.76. The molecule has 0 fully saturated rings. The topological polar surface area (TPSA) is 38.9 Å². The van der Waals surface area contributed by atoms with E-state index < -0.39 is 0 Å². The van der Waals surface area contributed by atoms with Crippen LogP contribution in [0.4, 0.5) is 4.39 Å². The number of hydrogen-bond donors (Lipinski definition) is 1. The molecule has 4 heteroatoms. The standard InChI is InChI=1S/C13H11FN2S/c14-9-5-1-4-8-11(13(15)17)7-3-2-6-10(7)16-12(8)9/h1,4-5H,2-3,6H2,(H2,15,17). The second-order valence-electron chi connectivity index (χ2n) is 4.27. The molecular weight excluding hydrogens is 235 g/mol. The smallest absolute Gasteiger partial charge is 0.149 e. The molecule has 2 aromatic rings. The van der Waals surface area contributed by atoms with Gasteiger partial charge in [-0.3, -0.25) is 0 Å². The number of halogens is 1. The second kappa shape index (κ2) is 3.74. The Hall–Kier alpha value is -1.55. The largest absolute Gasteiger partial charge is 0.389 e. The Balaban J connectivity index is 2.49. The minimum atomic E-state index is -0.310. The van der Waals surface area contributed by atoms with Crippen LogP contribution in [0, 0.1) is 5.82 Å². The number of pyridine rings is 1. The minimum absolute atomic E-state index is 0.310. The number of aromatic nitrogens is 1. The first kappa shape index (κ1) is 10.6. The number of fused-ring (bicyclic) bond motifs is 2. The van der Waals surface area contributed by atoms with Crippen molar-refractivity contribution in [3.63, 3.8) is 0 Å². The van der Waals surface area contributed by atoms with Crippen molar-refractivity contribution >= 4 is 28.1 Å². The van der Waals surface area contributed by atoms with Gasteiger partial charge in [0.1, 0.15) is 16.3 Å². The first-order chi connectivity index (χ1) is 8.18. The lowest BCUT2D eigenvalue weighted by atomic mass is 10.0. The summed E-state index contributed by atoms with van der Waals surface area (Å²) in [5, 5.41) is 0.734. The number of thiocarbonyl (C=S) groups is 1. The van der Waals surface area contributed by atoms with Crippen LogP contribution >= 0.6 is 12.2 Å². The Morgan fingerprint density at radius 3 is 2.94 bits per heavy atom. The number of rotatable bonds is 1. The predicted molar refractivity (Wildman–Crippen MR) is 69.6 cm³/mol. The first-order valence-electron chi connectivity index (χ1n) is 5.58. The van der Waals surface area contributed by atoms with Crippen molar-refractivity contribution in [1.29, 1.82) is 0 Å². The number of para-hydroxylation sites is 1. The maximum Gasteiger partial charge on any atom is 0.149 e. The molecule has 0 amide bonds. The van der Waals surface area contributed by atoms with Gasteiger partial charge in [-0.15, -0.1) is 0 Å². The minimum Gasteiger partial charge on any atom is -0.389 e. The van der Waals surface area contributed by atoms with Gasteiger partial charge >= 0.3 is 0 Å². The van der Waals surface area contributed by atoms with Crippen LogP contribution in [0.15, 0.2) is 18.2 Å². The molecule has 0 bridgehead atoms. The van der Waals surface area contributed by atoms with E-state index in [1.165, 1.54) is 6.07 Å². The summed E-state index contributed by atoms with van der Waals surface area (Å²) in [7, 11) is 0. The molecule has 86 valence electrons. The zero-order valence-electron chi connectivity index (χ0n) is 9.16. The predicted octanol–water partition coefficient (Wildman–Crippen LogP) is 2.50. The van der Waals surface area contributed by atoms with E-state index in [1.807, 2.05) is 6.07 Å². The van der Waals surface area contributed by atoms with E-state index in [-0.39, 0.29) is 5.82 Å². The van der Waals surface area contributed by atoms with Crippen LogP contribution in [0.2, 0.25) is 0 Å². The van der Waals surface area contributed by atoms with Crippen molar-refractivity contribution in [2.75, 3.05) is 0 Å². The van der Waals surface area contributed by atoms with Crippen LogP contribution in [0.25, 0.3) is 10.9 Å². The monoisotopic (exact) mass is 246 g/mol. The third-order valence-electron chi connectivity index (χ3n) is 3.24. The summed E-state index contributed by atoms with van der Waals surface area (Å²) in [5.41, 5.74) is 9.04. The molecule has 3 rings (SSSR count). The fraction of sp³-hybridized carbons (Fsp3) is 0.231. The molecule has 0 unspecified atom stereocenters. The van der Waals surface area contributed by atoms with Crippen LogP contribution in [0.1, 0.15) is 23.2 Å². The lowest BCUT2D eigenvalue weighted by Gasteiger charge is -2.11. The van der Waals surface area contributed by atoms with Gasteiger partial charge in [0.2, 0.25) is 0 Å². The number of hydrogen-bond acceptors (Lipinski definition) is 2. The lowest BCUT2D eigenvalue weighted by Crippen LogP contribution is -2.14. The van der Waals surface area contributed by atoms with Crippen molar-refractivity contribution < 1.29 is 4.39 Å². The van der Waals surface area contributed by atoms with Gasteiger partial charge in [-0.1, -0.05) is 24.4 Å². The first-order valence-corrected chi connectivity index (χ1v) is 5.99. The Kier molecular flexibility index (Phi) is 2.33. The van der Waals surface area contributed by atoms with E-state index in [0.717, 1.165) is 41.5 Å². The van der Waals surface area contributed by atoms with E-state index in [0.29, 0.717) is 10.5 Å². The van der Waals surface area contributed by atoms with Crippen molar-refractivity contribution in [3.8, 4) is 0 Å². The highest BCUT2D eigenvalue weighted by Gasteiger charge is 2.21. The maximum atomic E-state index is 13.8. The lowest BCUT2D eigenvalue weighted by molar-refractivity contribution is 0.636. The van der Waals surface area contributed by atoms with Crippen LogP contribution in [0.3, 0.4) is 0 Å². The quantitative estimate of drug-likeness (QED) is 0.786. The van der Waals surface area contributed by atoms with Crippen LogP contribution < -0.4 is 5.73 Å². The Morgan fingerprint density at radius 2 is 2.18 bits per heavy atom. The Morgan fingerprint density at radius 1 is 1.35 bits per heavy atom. The van der Waals surface area contributed by atoms with Gasteiger partial charge in [0.15, 0.2) is 0 Å². The van der Waals surface area contributed by atoms with Gasteiger partial charge in [0.25, 0.3) is 0 Å². The Labute approximate surface area is 104 Å². The average Bonchev–Trinajstić information content (AvgIpc) is 2.74. The summed E-state index contributed by atoms with van der Waals surface area (Å²) in [5.74, 6) is -0.310. The molecule has 0 atom stereocenters. The number of nitrogens with two attached hydrogens (primary N) is 1.